The summed E-state index contributed by atoms with van der Waals surface area (Å²) in [5, 5.41) is 0. The van der Waals surface area contributed by atoms with E-state index in [2.05, 4.69) is 23.4 Å². The first kappa shape index (κ1) is 18.7. The van der Waals surface area contributed by atoms with Crippen LogP contribution in [0.5, 0.6) is 0 Å². The number of pyridine rings is 1. The molecule has 0 N–H and O–H groups in total. The molecule has 1 amide bonds. The topological polar surface area (TPSA) is 64.2 Å². The summed E-state index contributed by atoms with van der Waals surface area (Å²) in [6, 6.07) is 5.73. The number of nitrogens with zero attached hydrogens (tertiary/aromatic N) is 4. The van der Waals surface area contributed by atoms with Crippen molar-refractivity contribution in [2.24, 2.45) is 11.8 Å². The molecule has 6 nitrogen and oxygen atoms in total. The van der Waals surface area contributed by atoms with Crippen molar-refractivity contribution in [2.75, 3.05) is 6.54 Å². The molecule has 3 heterocycles. The van der Waals surface area contributed by atoms with Gasteiger partial charge in [-0.05, 0) is 62.3 Å². The molecule has 3 aromatic heterocycles. The summed E-state index contributed by atoms with van der Waals surface area (Å²) in [6.07, 6.45) is 4.32. The van der Waals surface area contributed by atoms with E-state index >= 15 is 0 Å². The van der Waals surface area contributed by atoms with Crippen LogP contribution in [-0.2, 0) is 13.1 Å². The van der Waals surface area contributed by atoms with Crippen molar-refractivity contribution in [3.8, 4) is 0 Å². The van der Waals surface area contributed by atoms with Crippen LogP contribution in [0.1, 0.15) is 54.4 Å². The zero-order chi connectivity index (χ0) is 19.8. The molecule has 0 aliphatic heterocycles. The van der Waals surface area contributed by atoms with E-state index in [1.807, 2.05) is 43.1 Å². The van der Waals surface area contributed by atoms with Gasteiger partial charge in [-0.25, -0.2) is 9.97 Å². The van der Waals surface area contributed by atoms with Crippen molar-refractivity contribution in [2.45, 2.75) is 53.6 Å². The molecule has 0 spiro atoms. The number of carbonyl (C=O) groups excluding carboxylic acids is 1. The van der Waals surface area contributed by atoms with Crippen LogP contribution in [0.2, 0.25) is 0 Å². The summed E-state index contributed by atoms with van der Waals surface area (Å²) < 4.78 is 7.91. The zero-order valence-corrected chi connectivity index (χ0v) is 17.1. The highest BCUT2D eigenvalue weighted by Gasteiger charge is 2.27. The van der Waals surface area contributed by atoms with Crippen molar-refractivity contribution < 1.29 is 9.21 Å². The van der Waals surface area contributed by atoms with Gasteiger partial charge in [0.1, 0.15) is 17.1 Å². The Hall–Kier alpha value is -2.63. The Morgan fingerprint density at radius 3 is 2.79 bits per heavy atom. The van der Waals surface area contributed by atoms with E-state index in [4.69, 9.17) is 9.40 Å². The number of hydrogen-bond donors (Lipinski definition) is 0. The molecule has 28 heavy (non-hydrogen) atoms. The summed E-state index contributed by atoms with van der Waals surface area (Å²) in [5.41, 5.74) is 2.80. The molecule has 1 saturated carbocycles. The first-order valence-corrected chi connectivity index (χ1v) is 10.1. The van der Waals surface area contributed by atoms with Crippen LogP contribution in [0.15, 0.2) is 28.8 Å². The summed E-state index contributed by atoms with van der Waals surface area (Å²) in [7, 11) is 0. The minimum atomic E-state index is -0.0807. The lowest BCUT2D eigenvalue weighted by molar-refractivity contribution is 0.0682. The second-order valence-corrected chi connectivity index (χ2v) is 8.36. The molecule has 4 rings (SSSR count). The molecule has 0 unspecified atom stereocenters. The van der Waals surface area contributed by atoms with E-state index in [1.165, 1.54) is 12.8 Å². The van der Waals surface area contributed by atoms with Crippen molar-refractivity contribution in [3.63, 3.8) is 0 Å². The fraction of sp³-hybridized carbons (Fsp3) is 0.500. The van der Waals surface area contributed by atoms with Gasteiger partial charge in [0, 0.05) is 19.3 Å². The van der Waals surface area contributed by atoms with E-state index < -0.39 is 0 Å². The van der Waals surface area contributed by atoms with Crippen LogP contribution >= 0.6 is 0 Å². The van der Waals surface area contributed by atoms with Crippen molar-refractivity contribution in [3.05, 3.63) is 47.3 Å². The van der Waals surface area contributed by atoms with Crippen LogP contribution in [0.25, 0.3) is 11.2 Å². The molecule has 0 radical (unpaired) electrons. The molecule has 1 aliphatic rings. The lowest BCUT2D eigenvalue weighted by Crippen LogP contribution is -2.34. The highest BCUT2D eigenvalue weighted by atomic mass is 16.4. The van der Waals surface area contributed by atoms with Gasteiger partial charge in [0.05, 0.1) is 6.54 Å². The number of imidazole rings is 1. The van der Waals surface area contributed by atoms with Crippen molar-refractivity contribution in [1.82, 2.24) is 19.4 Å². The Kier molecular flexibility index (Phi) is 4.96. The highest BCUT2D eigenvalue weighted by molar-refractivity contribution is 5.91. The van der Waals surface area contributed by atoms with E-state index in [-0.39, 0.29) is 5.91 Å². The van der Waals surface area contributed by atoms with Gasteiger partial charge in [0.25, 0.3) is 5.91 Å². The van der Waals surface area contributed by atoms with Crippen LogP contribution < -0.4 is 0 Å². The largest absolute Gasteiger partial charge is 0.456 e. The number of fused-ring (bicyclic) bond motifs is 1. The molecular weight excluding hydrogens is 352 g/mol. The summed E-state index contributed by atoms with van der Waals surface area (Å²) in [4.78, 5) is 24.4. The number of aromatic nitrogens is 3. The quantitative estimate of drug-likeness (QED) is 0.611. The van der Waals surface area contributed by atoms with Crippen LogP contribution in [0, 0.1) is 25.7 Å². The number of carbonyl (C=O) groups is 1. The molecule has 6 heteroatoms. The molecule has 0 bridgehead atoms. The Labute approximate surface area is 165 Å². The molecule has 1 fully saturated rings. The third-order valence-electron chi connectivity index (χ3n) is 5.30. The van der Waals surface area contributed by atoms with Gasteiger partial charge in [0.2, 0.25) is 0 Å². The maximum atomic E-state index is 13.2. The summed E-state index contributed by atoms with van der Waals surface area (Å²) >= 11 is 0. The minimum Gasteiger partial charge on any atom is -0.456 e. The second kappa shape index (κ2) is 7.41. The fourth-order valence-electron chi connectivity index (χ4n) is 3.54. The molecule has 1 aliphatic carbocycles. The SMILES string of the molecule is Cc1cc(C(=O)N(Cc2nc3cccnc3n2CC2CC2)CC(C)C)oc1C. The minimum absolute atomic E-state index is 0.0807. The van der Waals surface area contributed by atoms with Gasteiger partial charge in [-0.1, -0.05) is 13.8 Å². The number of furan rings is 1. The van der Waals surface area contributed by atoms with Gasteiger partial charge >= 0.3 is 0 Å². The first-order chi connectivity index (χ1) is 13.4. The lowest BCUT2D eigenvalue weighted by Gasteiger charge is -2.24. The van der Waals surface area contributed by atoms with E-state index in [1.54, 1.807) is 0 Å². The highest BCUT2D eigenvalue weighted by Crippen LogP contribution is 2.32. The maximum absolute atomic E-state index is 13.2. The summed E-state index contributed by atoms with van der Waals surface area (Å²) in [5.74, 6) is 3.05. The van der Waals surface area contributed by atoms with Gasteiger partial charge in [0.15, 0.2) is 11.4 Å². The number of hydrogen-bond acceptors (Lipinski definition) is 4. The third-order valence-corrected chi connectivity index (χ3v) is 5.30. The average Bonchev–Trinajstić information content (AvgIpc) is 3.33. The Morgan fingerprint density at radius 2 is 2.14 bits per heavy atom. The Morgan fingerprint density at radius 1 is 1.36 bits per heavy atom. The molecule has 3 aromatic rings. The normalized spacial score (nSPS) is 14.2. The van der Waals surface area contributed by atoms with Crippen LogP contribution in [0.4, 0.5) is 0 Å². The fourth-order valence-corrected chi connectivity index (χ4v) is 3.54. The molecule has 0 atom stereocenters. The predicted octanol–water partition coefficient (Wildman–Crippen LogP) is 4.35. The standard InChI is InChI=1S/C22H28N4O2/c1-14(2)11-25(22(27)19-10-15(3)16(4)28-19)13-20-24-18-6-5-9-23-21(18)26(20)12-17-7-8-17/h5-6,9-10,14,17H,7-8,11-13H2,1-4H3. The maximum Gasteiger partial charge on any atom is 0.289 e. The summed E-state index contributed by atoms with van der Waals surface area (Å²) in [6.45, 7) is 10.1. The number of aryl methyl sites for hydroxylation is 2. The Balaban J connectivity index is 1.67. The van der Waals surface area contributed by atoms with Gasteiger partial charge in [-0.15, -0.1) is 0 Å². The van der Waals surface area contributed by atoms with Crippen molar-refractivity contribution in [1.29, 1.82) is 0 Å². The Bertz CT molecular complexity index is 978. The molecule has 0 saturated heterocycles. The van der Waals surface area contributed by atoms with Crippen LogP contribution in [-0.4, -0.2) is 31.9 Å². The van der Waals surface area contributed by atoms with Gasteiger partial charge in [-0.2, -0.15) is 0 Å². The molecule has 0 aromatic carbocycles. The molecule has 148 valence electrons. The van der Waals surface area contributed by atoms with E-state index in [0.29, 0.717) is 30.7 Å². The smallest absolute Gasteiger partial charge is 0.289 e. The van der Waals surface area contributed by atoms with Gasteiger partial charge in [-0.3, -0.25) is 4.79 Å². The third kappa shape index (κ3) is 3.81. The lowest BCUT2D eigenvalue weighted by atomic mass is 10.2. The number of amides is 1. The zero-order valence-electron chi connectivity index (χ0n) is 17.1. The van der Waals surface area contributed by atoms with E-state index in [0.717, 1.165) is 34.9 Å². The number of rotatable bonds is 7. The van der Waals surface area contributed by atoms with Crippen molar-refractivity contribution >= 4 is 17.1 Å². The van der Waals surface area contributed by atoms with Gasteiger partial charge < -0.3 is 13.9 Å². The monoisotopic (exact) mass is 380 g/mol. The average molecular weight is 380 g/mol. The second-order valence-electron chi connectivity index (χ2n) is 8.36. The molecular formula is C22H28N4O2. The first-order valence-electron chi connectivity index (χ1n) is 10.1. The van der Waals surface area contributed by atoms with E-state index in [9.17, 15) is 4.79 Å². The van der Waals surface area contributed by atoms with Crippen LogP contribution in [0.3, 0.4) is 0 Å². The predicted molar refractivity (Wildman–Crippen MR) is 108 cm³/mol.